The van der Waals surface area contributed by atoms with Gasteiger partial charge in [0.15, 0.2) is 0 Å². The predicted molar refractivity (Wildman–Crippen MR) is 100 cm³/mol. The third-order valence-electron chi connectivity index (χ3n) is 4.00. The van der Waals surface area contributed by atoms with Crippen LogP contribution in [0.1, 0.15) is 63.2 Å². The summed E-state index contributed by atoms with van der Waals surface area (Å²) in [4.78, 5) is 14.8. The van der Waals surface area contributed by atoms with Gasteiger partial charge in [-0.2, -0.15) is 0 Å². The molecule has 5 nitrogen and oxygen atoms in total. The summed E-state index contributed by atoms with van der Waals surface area (Å²) in [7, 11) is -3.84. The molecule has 0 radical (unpaired) electrons. The molecular formula is C17H27BrN2O3S. The summed E-state index contributed by atoms with van der Waals surface area (Å²) < 4.78 is 23.7. The third-order valence-corrected chi connectivity index (χ3v) is 5.60. The number of sulfonamides is 1. The van der Waals surface area contributed by atoms with E-state index in [0.717, 1.165) is 32.1 Å². The SMILES string of the molecule is CCCCCN(C(=O)c1cc(S(N)(=O)=O)ccc1Br)C(C)CCC. The fraction of sp³-hybridized carbons (Fsp3) is 0.588. The zero-order valence-electron chi connectivity index (χ0n) is 14.6. The van der Waals surface area contributed by atoms with E-state index in [4.69, 9.17) is 5.14 Å². The fourth-order valence-corrected chi connectivity index (χ4v) is 3.58. The van der Waals surface area contributed by atoms with Crippen molar-refractivity contribution in [1.82, 2.24) is 4.90 Å². The Kier molecular flexibility index (Phi) is 8.39. The minimum atomic E-state index is -3.84. The molecule has 0 bridgehead atoms. The molecule has 0 fully saturated rings. The van der Waals surface area contributed by atoms with Crippen molar-refractivity contribution >= 4 is 31.9 Å². The second-order valence-electron chi connectivity index (χ2n) is 6.03. The van der Waals surface area contributed by atoms with Crippen molar-refractivity contribution in [2.45, 2.75) is 63.8 Å². The van der Waals surface area contributed by atoms with Crippen LogP contribution in [0.15, 0.2) is 27.6 Å². The standard InChI is InChI=1S/C17H27BrN2O3S/c1-4-6-7-11-20(13(3)8-5-2)17(21)15-12-14(24(19,22)23)9-10-16(15)18/h9-10,12-13H,4-8,11H2,1-3H3,(H2,19,22,23). The van der Waals surface area contributed by atoms with E-state index in [1.54, 1.807) is 6.07 Å². The fourth-order valence-electron chi connectivity index (χ4n) is 2.63. The minimum Gasteiger partial charge on any atom is -0.336 e. The maximum atomic E-state index is 13.0. The second kappa shape index (κ2) is 9.53. The average molecular weight is 419 g/mol. The summed E-state index contributed by atoms with van der Waals surface area (Å²) in [5.41, 5.74) is 0.334. The molecule has 1 aromatic carbocycles. The summed E-state index contributed by atoms with van der Waals surface area (Å²) in [5, 5.41) is 5.19. The Labute approximate surface area is 153 Å². The summed E-state index contributed by atoms with van der Waals surface area (Å²) in [6.07, 6.45) is 4.96. The number of carbonyl (C=O) groups excluding carboxylic acids is 1. The molecule has 0 spiro atoms. The first kappa shape index (κ1) is 21.1. The number of primary sulfonamides is 1. The van der Waals surface area contributed by atoms with Crippen LogP contribution in [-0.4, -0.2) is 31.8 Å². The second-order valence-corrected chi connectivity index (χ2v) is 8.45. The van der Waals surface area contributed by atoms with E-state index in [1.165, 1.54) is 12.1 Å². The van der Waals surface area contributed by atoms with Gasteiger partial charge in [-0.05, 0) is 53.9 Å². The van der Waals surface area contributed by atoms with Gasteiger partial charge in [0, 0.05) is 17.1 Å². The lowest BCUT2D eigenvalue weighted by molar-refractivity contribution is 0.0678. The smallest absolute Gasteiger partial charge is 0.255 e. The highest BCUT2D eigenvalue weighted by Crippen LogP contribution is 2.24. The molecule has 1 rings (SSSR count). The number of benzene rings is 1. The van der Waals surface area contributed by atoms with Gasteiger partial charge in [0.1, 0.15) is 0 Å². The molecule has 0 saturated heterocycles. The molecule has 0 aromatic heterocycles. The Morgan fingerprint density at radius 2 is 1.92 bits per heavy atom. The van der Waals surface area contributed by atoms with Crippen LogP contribution in [0.3, 0.4) is 0 Å². The normalized spacial score (nSPS) is 12.9. The van der Waals surface area contributed by atoms with E-state index < -0.39 is 10.0 Å². The Balaban J connectivity index is 3.16. The lowest BCUT2D eigenvalue weighted by Crippen LogP contribution is -2.39. The molecule has 1 amide bonds. The van der Waals surface area contributed by atoms with Crippen molar-refractivity contribution in [1.29, 1.82) is 0 Å². The maximum absolute atomic E-state index is 13.0. The molecule has 1 aromatic rings. The minimum absolute atomic E-state index is 0.0503. The Hall–Kier alpha value is -0.920. The van der Waals surface area contributed by atoms with Gasteiger partial charge < -0.3 is 4.90 Å². The number of rotatable bonds is 9. The summed E-state index contributed by atoms with van der Waals surface area (Å²) in [6, 6.07) is 4.41. The lowest BCUT2D eigenvalue weighted by atomic mass is 10.1. The molecule has 2 N–H and O–H groups in total. The number of unbranched alkanes of at least 4 members (excludes halogenated alkanes) is 2. The van der Waals surface area contributed by atoms with E-state index in [2.05, 4.69) is 29.8 Å². The van der Waals surface area contributed by atoms with Gasteiger partial charge in [0.2, 0.25) is 10.0 Å². The van der Waals surface area contributed by atoms with Crippen molar-refractivity contribution in [2.24, 2.45) is 5.14 Å². The van der Waals surface area contributed by atoms with Crippen LogP contribution < -0.4 is 5.14 Å². The summed E-state index contributed by atoms with van der Waals surface area (Å²) >= 11 is 3.35. The van der Waals surface area contributed by atoms with Crippen LogP contribution >= 0.6 is 15.9 Å². The molecule has 0 aliphatic heterocycles. The maximum Gasteiger partial charge on any atom is 0.255 e. The average Bonchev–Trinajstić information content (AvgIpc) is 2.50. The van der Waals surface area contributed by atoms with Crippen LogP contribution in [0.25, 0.3) is 0 Å². The number of nitrogens with two attached hydrogens (primary N) is 1. The van der Waals surface area contributed by atoms with Gasteiger partial charge in [-0.25, -0.2) is 13.6 Å². The highest BCUT2D eigenvalue weighted by molar-refractivity contribution is 9.10. The van der Waals surface area contributed by atoms with E-state index in [1.807, 2.05) is 11.8 Å². The number of nitrogens with zero attached hydrogens (tertiary/aromatic N) is 1. The Morgan fingerprint density at radius 3 is 2.46 bits per heavy atom. The molecule has 24 heavy (non-hydrogen) atoms. The quantitative estimate of drug-likeness (QED) is 0.616. The molecule has 0 saturated carbocycles. The largest absolute Gasteiger partial charge is 0.336 e. The van der Waals surface area contributed by atoms with Crippen LogP contribution in [0.2, 0.25) is 0 Å². The lowest BCUT2D eigenvalue weighted by Gasteiger charge is -2.30. The number of hydrogen-bond donors (Lipinski definition) is 1. The van der Waals surface area contributed by atoms with Crippen LogP contribution in [-0.2, 0) is 10.0 Å². The Morgan fingerprint density at radius 1 is 1.25 bits per heavy atom. The molecule has 136 valence electrons. The van der Waals surface area contributed by atoms with Gasteiger partial charge in [0.05, 0.1) is 10.5 Å². The van der Waals surface area contributed by atoms with Crippen LogP contribution in [0, 0.1) is 0 Å². The molecule has 0 aliphatic carbocycles. The zero-order chi connectivity index (χ0) is 18.3. The molecular weight excluding hydrogens is 392 g/mol. The number of carbonyl (C=O) groups is 1. The van der Waals surface area contributed by atoms with Gasteiger partial charge in [-0.3, -0.25) is 4.79 Å². The predicted octanol–water partition coefficient (Wildman–Crippen LogP) is 3.92. The van der Waals surface area contributed by atoms with E-state index >= 15 is 0 Å². The number of amides is 1. The topological polar surface area (TPSA) is 80.5 Å². The summed E-state index contributed by atoms with van der Waals surface area (Å²) in [6.45, 7) is 6.90. The van der Waals surface area contributed by atoms with Crippen molar-refractivity contribution in [3.8, 4) is 0 Å². The van der Waals surface area contributed by atoms with Crippen molar-refractivity contribution < 1.29 is 13.2 Å². The van der Waals surface area contributed by atoms with Crippen molar-refractivity contribution in [3.63, 3.8) is 0 Å². The summed E-state index contributed by atoms with van der Waals surface area (Å²) in [5.74, 6) is -0.163. The van der Waals surface area contributed by atoms with E-state index in [0.29, 0.717) is 16.6 Å². The highest BCUT2D eigenvalue weighted by atomic mass is 79.9. The Bertz CT molecular complexity index is 662. The first-order valence-corrected chi connectivity index (χ1v) is 10.7. The van der Waals surface area contributed by atoms with Gasteiger partial charge in [0.25, 0.3) is 5.91 Å². The monoisotopic (exact) mass is 418 g/mol. The van der Waals surface area contributed by atoms with Crippen molar-refractivity contribution in [2.75, 3.05) is 6.54 Å². The molecule has 0 aliphatic rings. The number of halogens is 1. The van der Waals surface area contributed by atoms with E-state index in [9.17, 15) is 13.2 Å². The first-order valence-electron chi connectivity index (χ1n) is 8.35. The van der Waals surface area contributed by atoms with Gasteiger partial charge in [-0.1, -0.05) is 33.1 Å². The van der Waals surface area contributed by atoms with Crippen LogP contribution in [0.4, 0.5) is 0 Å². The van der Waals surface area contributed by atoms with Crippen molar-refractivity contribution in [3.05, 3.63) is 28.2 Å². The highest BCUT2D eigenvalue weighted by Gasteiger charge is 2.24. The molecule has 0 heterocycles. The third kappa shape index (κ3) is 5.86. The van der Waals surface area contributed by atoms with Crippen LogP contribution in [0.5, 0.6) is 0 Å². The molecule has 1 unspecified atom stereocenters. The zero-order valence-corrected chi connectivity index (χ0v) is 17.0. The first-order chi connectivity index (χ1) is 11.2. The molecule has 1 atom stereocenters. The molecule has 7 heteroatoms. The van der Waals surface area contributed by atoms with Gasteiger partial charge in [-0.15, -0.1) is 0 Å². The number of hydrogen-bond acceptors (Lipinski definition) is 3. The van der Waals surface area contributed by atoms with E-state index in [-0.39, 0.29) is 16.8 Å². The van der Waals surface area contributed by atoms with Gasteiger partial charge >= 0.3 is 0 Å².